The van der Waals surface area contributed by atoms with Crippen LogP contribution in [-0.2, 0) is 86.4 Å². The Morgan fingerprint density at radius 3 is 1.79 bits per heavy atom. The molecule has 6 rings (SSSR count). The third-order valence-corrected chi connectivity index (χ3v) is 22.2. The van der Waals surface area contributed by atoms with E-state index in [0.29, 0.717) is 55.2 Å². The molecule has 2 aliphatic heterocycles. The van der Waals surface area contributed by atoms with Crippen LogP contribution < -0.4 is 81.0 Å². The molecular formula is C90H140N18O17. The molecule has 0 aliphatic carbocycles. The molecule has 1 aromatic heterocycles. The number of carbonyl (C=O) groups excluding carboxylic acids is 14. The molecule has 0 saturated carbocycles. The Kier molecular flexibility index (Phi) is 48.6. The van der Waals surface area contributed by atoms with Crippen molar-refractivity contribution in [3.63, 3.8) is 0 Å². The number of hydrogen-bond donors (Lipinski definition) is 19. The molecular weight excluding hydrogens is 1610 g/mol. The number of nitrogens with one attached hydrogen (secondary N) is 13. The number of aromatic hydroxyl groups is 1. The number of aromatic nitrogens is 1. The van der Waals surface area contributed by atoms with Crippen LogP contribution in [0.25, 0.3) is 10.9 Å². The van der Waals surface area contributed by atoms with Crippen LogP contribution in [-0.4, -0.2) is 226 Å². The molecule has 35 heteroatoms. The highest BCUT2D eigenvalue weighted by Crippen LogP contribution is 2.24. The van der Waals surface area contributed by atoms with Crippen LogP contribution in [0.4, 0.5) is 0 Å². The molecule has 125 heavy (non-hydrogen) atoms. The molecule has 22 N–H and O–H groups in total. The minimum Gasteiger partial charge on any atom is -0.508 e. The molecule has 35 nitrogen and oxygen atoms in total. The predicted molar refractivity (Wildman–Crippen MR) is 476 cm³/mol. The lowest BCUT2D eigenvalue weighted by molar-refractivity contribution is -0.143. The van der Waals surface area contributed by atoms with Crippen molar-refractivity contribution < 1.29 is 82.4 Å². The normalized spacial score (nSPS) is 19.3. The predicted octanol–water partition coefficient (Wildman–Crippen LogP) is 3.39. The number of para-hydroxylation sites is 1. The Labute approximate surface area is 734 Å². The van der Waals surface area contributed by atoms with Crippen LogP contribution in [0.3, 0.4) is 0 Å². The largest absolute Gasteiger partial charge is 0.508 e. The molecule has 12 atom stereocenters. The molecule has 3 aromatic carbocycles. The molecule has 0 bridgehead atoms. The Balaban J connectivity index is 0.000000462. The first-order valence-corrected chi connectivity index (χ1v) is 44.7. The van der Waals surface area contributed by atoms with Crippen LogP contribution in [0.2, 0.25) is 0 Å². The van der Waals surface area contributed by atoms with E-state index in [1.54, 1.807) is 55.7 Å². The number of aliphatic hydroxyl groups excluding tert-OH is 2. The van der Waals surface area contributed by atoms with Crippen molar-refractivity contribution in [2.75, 3.05) is 39.8 Å². The van der Waals surface area contributed by atoms with Gasteiger partial charge in [0, 0.05) is 88.2 Å². The highest BCUT2D eigenvalue weighted by Gasteiger charge is 2.44. The second-order valence-electron chi connectivity index (χ2n) is 32.5. The van der Waals surface area contributed by atoms with Gasteiger partial charge in [-0.25, -0.2) is 0 Å². The van der Waals surface area contributed by atoms with Crippen molar-refractivity contribution in [3.8, 4) is 5.75 Å². The van der Waals surface area contributed by atoms with Crippen LogP contribution in [0.15, 0.2) is 90.1 Å². The molecule has 2 saturated heterocycles. The third-order valence-electron chi connectivity index (χ3n) is 22.2. The van der Waals surface area contributed by atoms with Gasteiger partial charge in [0.25, 0.3) is 0 Å². The number of guanidine groups is 1. The topological polar surface area (TPSA) is 553 Å². The zero-order valence-corrected chi connectivity index (χ0v) is 73.9. The van der Waals surface area contributed by atoms with E-state index >= 15 is 0 Å². The lowest BCUT2D eigenvalue weighted by atomic mass is 10.0. The van der Waals surface area contributed by atoms with Crippen molar-refractivity contribution in [3.05, 3.63) is 102 Å². The average molecular weight is 1750 g/mol. The number of aliphatic hydroxyl groups is 2. The van der Waals surface area contributed by atoms with E-state index in [1.165, 1.54) is 90.2 Å². The SMILES string of the molecule is CCCCCCCCCCCCCCCC(=O)NCCC(=O)N[C@@H](C)C(=O)N[C@@H](Cc1ccc(O)cc1)C(=O)N[C@@H](CO)C(=O)N[C@@H](CCCC)C(C)=O.CCCC[C@H](NC)C(=O)N[C@H]1CCC(=O)NCCCC[C@@H](C(N)=O)NC(=O)[C@H](Cc2c[nH]c3ccccc23)NC(=O)[C@H](CCCN=C(N)N)NC(=O)[C@@H](Cc2ccccc2)NC(=O)[C@@H]2C[C@@H](O)CN2C1=O. The highest BCUT2D eigenvalue weighted by atomic mass is 16.3. The number of H-pyrrole nitrogens is 1. The van der Waals surface area contributed by atoms with Gasteiger partial charge in [0.15, 0.2) is 11.7 Å². The maximum absolute atomic E-state index is 14.6. The minimum atomic E-state index is -1.39. The maximum Gasteiger partial charge on any atom is 0.245 e. The number of nitrogens with two attached hydrogens (primary N) is 3. The number of primary amides is 1. The highest BCUT2D eigenvalue weighted by molar-refractivity contribution is 5.99. The number of benzene rings is 3. The quantitative estimate of drug-likeness (QED) is 0.0171. The number of fused-ring (bicyclic) bond motifs is 2. The van der Waals surface area contributed by atoms with Crippen molar-refractivity contribution in [1.82, 2.24) is 73.7 Å². The summed E-state index contributed by atoms with van der Waals surface area (Å²) in [5.41, 5.74) is 19.6. The summed E-state index contributed by atoms with van der Waals surface area (Å²) in [4.78, 5) is 197. The van der Waals surface area contributed by atoms with Gasteiger partial charge >= 0.3 is 0 Å². The number of phenols is 1. The van der Waals surface area contributed by atoms with Gasteiger partial charge in [0.2, 0.25) is 76.8 Å². The number of amides is 13. The van der Waals surface area contributed by atoms with Crippen molar-refractivity contribution in [2.45, 2.75) is 313 Å². The number of likely N-dealkylation sites (N-methyl/N-ethyl adjacent to an activating group) is 1. The molecule has 0 radical (unpaired) electrons. The van der Waals surface area contributed by atoms with E-state index < -0.39 is 150 Å². The molecule has 0 unspecified atom stereocenters. The summed E-state index contributed by atoms with van der Waals surface area (Å²) >= 11 is 0. The number of aliphatic imine (C=N–C) groups is 1. The van der Waals surface area contributed by atoms with Crippen LogP contribution in [0, 0.1) is 0 Å². The number of hydrogen-bond acceptors (Lipinski definition) is 19. The second kappa shape index (κ2) is 58.2. The Bertz CT molecular complexity index is 4090. The molecule has 2 fully saturated rings. The van der Waals surface area contributed by atoms with Gasteiger partial charge in [-0.2, -0.15) is 0 Å². The van der Waals surface area contributed by atoms with Crippen molar-refractivity contribution in [1.29, 1.82) is 0 Å². The number of phenolic OH excluding ortho intramolecular Hbond substituents is 1. The molecule has 13 amide bonds. The molecule has 2 aliphatic rings. The summed E-state index contributed by atoms with van der Waals surface area (Å²) in [6.45, 7) is 8.33. The summed E-state index contributed by atoms with van der Waals surface area (Å²) in [6.07, 6.45) is 21.1. The standard InChI is InChI=1S/C49H71N13O9.C41H69N5O8/c1-3-4-16-35(53-2)43(66)59-37-20-21-41(64)54-22-11-10-18-34(42(50)65)57-46(69)39(25-30-27-56-33-17-9-8-15-32(30)33)60-44(67)36(19-12-23-55-49(51)52)58-45(68)38(24-29-13-6-5-7-14-29)61-47(70)40-26-31(63)28-62(40)48(37)71;1-5-7-9-10-11-12-13-14-15-16-17-18-19-21-37(50)42-27-26-38(51)43-30(3)39(52)45-35(28-32-22-24-33(49)25-23-32)40(53)46-36(29-47)41(54)44-34(31(4)48)20-8-6-2/h5-9,13-15,17,27,31,34-40,53,56,63H,3-4,10-12,16,18-26,28H2,1-2H3,(H2,50,65)(H,54,64)(H,57,69)(H,58,68)(H,59,66)(H,60,67)(H,61,70)(H4,51,52,55);22-25,30,34-36,47,49H,5-21,26-29H2,1-4H3,(H,42,50)(H,43,51)(H,44,54)(H,45,52)(H,46,53)/t31-,34+,35+,36+,37+,38-,39+,40+;30-,34-,35-,36-/m10/s1. The Morgan fingerprint density at radius 2 is 1.16 bits per heavy atom. The zero-order valence-electron chi connectivity index (χ0n) is 73.9. The van der Waals surface area contributed by atoms with E-state index in [0.717, 1.165) is 54.3 Å². The Hall–Kier alpha value is -11.1. The number of unbranched alkanes of at least 4 members (excludes halogenated alkanes) is 14. The molecule has 4 aromatic rings. The first kappa shape index (κ1) is 104. The summed E-state index contributed by atoms with van der Waals surface area (Å²) in [5, 5.41) is 64.0. The monoisotopic (exact) mass is 1750 g/mol. The van der Waals surface area contributed by atoms with E-state index in [4.69, 9.17) is 17.2 Å². The summed E-state index contributed by atoms with van der Waals surface area (Å²) in [6, 6.07) is 9.35. The van der Waals surface area contributed by atoms with E-state index in [2.05, 4.69) is 80.7 Å². The van der Waals surface area contributed by atoms with Crippen molar-refractivity contribution >= 4 is 99.4 Å². The van der Waals surface area contributed by atoms with Crippen LogP contribution in [0.5, 0.6) is 5.75 Å². The summed E-state index contributed by atoms with van der Waals surface area (Å²) < 4.78 is 0. The minimum absolute atomic E-state index is 0.0102. The van der Waals surface area contributed by atoms with Gasteiger partial charge in [-0.15, -0.1) is 0 Å². The average Bonchev–Trinajstić information content (AvgIpc) is 1.70. The molecule has 692 valence electrons. The smallest absolute Gasteiger partial charge is 0.245 e. The third kappa shape index (κ3) is 39.3. The Morgan fingerprint density at radius 1 is 0.584 bits per heavy atom. The van der Waals surface area contributed by atoms with E-state index in [-0.39, 0.29) is 114 Å². The van der Waals surface area contributed by atoms with Gasteiger partial charge in [-0.1, -0.05) is 184 Å². The first-order valence-electron chi connectivity index (χ1n) is 44.7. The van der Waals surface area contributed by atoms with Gasteiger partial charge in [-0.3, -0.25) is 72.1 Å². The lowest BCUT2D eigenvalue weighted by Crippen LogP contribution is -2.60. The van der Waals surface area contributed by atoms with Gasteiger partial charge in [0.1, 0.15) is 60.1 Å². The lowest BCUT2D eigenvalue weighted by Gasteiger charge is -2.31. The number of Topliss-reactive ketones (excluding diaryl/α,β-unsaturated/α-hetero) is 1. The first-order chi connectivity index (χ1) is 60.0. The maximum atomic E-state index is 14.6. The van der Waals surface area contributed by atoms with Gasteiger partial charge in [-0.05, 0) is 114 Å². The number of ketones is 1. The van der Waals surface area contributed by atoms with Crippen LogP contribution in [0.1, 0.15) is 238 Å². The van der Waals surface area contributed by atoms with Crippen LogP contribution >= 0.6 is 0 Å². The second-order valence-corrected chi connectivity index (χ2v) is 32.5. The van der Waals surface area contributed by atoms with Gasteiger partial charge < -0.3 is 106 Å². The fourth-order valence-electron chi connectivity index (χ4n) is 14.8. The summed E-state index contributed by atoms with van der Waals surface area (Å²) in [7, 11) is 1.62. The van der Waals surface area contributed by atoms with E-state index in [9.17, 15) is 82.4 Å². The molecule has 3 heterocycles. The fraction of sp³-hybridized carbons (Fsp3) is 0.611. The van der Waals surface area contributed by atoms with Crippen molar-refractivity contribution in [2.24, 2.45) is 22.2 Å². The number of carbonyl (C=O) groups is 14. The van der Waals surface area contributed by atoms with E-state index in [1.807, 2.05) is 38.1 Å². The van der Waals surface area contributed by atoms with Gasteiger partial charge in [0.05, 0.1) is 24.8 Å². The molecule has 0 spiro atoms. The number of aromatic amines is 1. The fourth-order valence-corrected chi connectivity index (χ4v) is 14.8. The number of rotatable bonds is 46. The summed E-state index contributed by atoms with van der Waals surface area (Å²) in [5.74, 6) is -8.69. The number of nitrogens with zero attached hydrogens (tertiary/aromatic N) is 2. The zero-order chi connectivity index (χ0) is 91.6.